The maximum absolute atomic E-state index is 4.56. The van der Waals surface area contributed by atoms with E-state index in [0.29, 0.717) is 0 Å². The minimum Gasteiger partial charge on any atom is -0.353 e. The summed E-state index contributed by atoms with van der Waals surface area (Å²) < 4.78 is 2.61. The number of fused-ring (bicyclic) bond motifs is 1. The van der Waals surface area contributed by atoms with Gasteiger partial charge in [0.15, 0.2) is 5.65 Å². The molecule has 0 radical (unpaired) electrons. The molecule has 0 saturated carbocycles. The van der Waals surface area contributed by atoms with Gasteiger partial charge in [0.1, 0.15) is 16.7 Å². The summed E-state index contributed by atoms with van der Waals surface area (Å²) in [5, 5.41) is 5.43. The molecule has 7 nitrogen and oxygen atoms in total. The Labute approximate surface area is 174 Å². The van der Waals surface area contributed by atoms with Crippen LogP contribution >= 0.6 is 15.9 Å². The number of halogens is 1. The van der Waals surface area contributed by atoms with E-state index in [2.05, 4.69) is 83.1 Å². The maximum atomic E-state index is 4.56. The number of aromatic nitrogens is 4. The molecule has 2 aromatic heterocycles. The van der Waals surface area contributed by atoms with Gasteiger partial charge in [-0.3, -0.25) is 4.90 Å². The van der Waals surface area contributed by atoms with Crippen LogP contribution in [0.4, 0.5) is 5.82 Å². The molecule has 148 valence electrons. The number of piperazine rings is 1. The van der Waals surface area contributed by atoms with Gasteiger partial charge < -0.3 is 9.80 Å². The topological polar surface area (TPSA) is 53.3 Å². The van der Waals surface area contributed by atoms with Crippen molar-refractivity contribution >= 4 is 32.8 Å². The van der Waals surface area contributed by atoms with Gasteiger partial charge in [0.25, 0.3) is 0 Å². The Kier molecular flexibility index (Phi) is 5.89. The Morgan fingerprint density at radius 1 is 1.07 bits per heavy atom. The average molecular weight is 444 g/mol. The van der Waals surface area contributed by atoms with Crippen LogP contribution in [0.2, 0.25) is 0 Å². The van der Waals surface area contributed by atoms with Crippen LogP contribution in [-0.2, 0) is 13.6 Å². The van der Waals surface area contributed by atoms with E-state index in [-0.39, 0.29) is 0 Å². The lowest BCUT2D eigenvalue weighted by Gasteiger charge is -2.36. The third-order valence-electron chi connectivity index (χ3n) is 5.32. The number of benzene rings is 1. The number of anilines is 1. The molecule has 0 aliphatic carbocycles. The van der Waals surface area contributed by atoms with E-state index in [0.717, 1.165) is 67.3 Å². The van der Waals surface area contributed by atoms with Gasteiger partial charge in [-0.1, -0.05) is 30.3 Å². The highest BCUT2D eigenvalue weighted by Crippen LogP contribution is 2.29. The van der Waals surface area contributed by atoms with Crippen LogP contribution < -0.4 is 4.90 Å². The maximum Gasteiger partial charge on any atom is 0.164 e. The second-order valence-corrected chi connectivity index (χ2v) is 8.11. The molecule has 8 heteroatoms. The van der Waals surface area contributed by atoms with E-state index in [1.165, 1.54) is 5.56 Å². The molecule has 0 spiro atoms. The van der Waals surface area contributed by atoms with E-state index in [9.17, 15) is 0 Å². The number of nitrogens with zero attached hydrogens (tertiary/aromatic N) is 7. The molecule has 1 fully saturated rings. The zero-order chi connectivity index (χ0) is 19.5. The lowest BCUT2D eigenvalue weighted by molar-refractivity contribution is 0.212. The van der Waals surface area contributed by atoms with Crippen molar-refractivity contribution in [1.82, 2.24) is 29.5 Å². The largest absolute Gasteiger partial charge is 0.353 e. The summed E-state index contributed by atoms with van der Waals surface area (Å²) >= 11 is 3.56. The van der Waals surface area contributed by atoms with Crippen LogP contribution in [0.15, 0.2) is 41.3 Å². The minimum atomic E-state index is 0.811. The molecule has 4 rings (SSSR count). The molecule has 28 heavy (non-hydrogen) atoms. The lowest BCUT2D eigenvalue weighted by atomic mass is 10.2. The van der Waals surface area contributed by atoms with Gasteiger partial charge in [0, 0.05) is 52.9 Å². The second-order valence-electron chi connectivity index (χ2n) is 7.36. The zero-order valence-corrected chi connectivity index (χ0v) is 18.0. The summed E-state index contributed by atoms with van der Waals surface area (Å²) in [6.45, 7) is 7.18. The predicted octanol–water partition coefficient (Wildman–Crippen LogP) is 2.38. The SMILES string of the molecule is CN(CCN1CCN(c2ncnc3c2c(Br)nn3C)CC1)Cc1ccccc1. The van der Waals surface area contributed by atoms with Crippen LogP contribution in [0.3, 0.4) is 0 Å². The van der Waals surface area contributed by atoms with Gasteiger partial charge in [-0.15, -0.1) is 0 Å². The van der Waals surface area contributed by atoms with Gasteiger partial charge in [-0.05, 0) is 28.5 Å². The Bertz CT molecular complexity index is 919. The van der Waals surface area contributed by atoms with Crippen molar-refractivity contribution in [3.8, 4) is 0 Å². The molecule has 1 aliphatic heterocycles. The molecule has 1 aromatic carbocycles. The average Bonchev–Trinajstić information content (AvgIpc) is 3.02. The summed E-state index contributed by atoms with van der Waals surface area (Å²) in [5.41, 5.74) is 2.23. The van der Waals surface area contributed by atoms with E-state index in [1.54, 1.807) is 11.0 Å². The third kappa shape index (κ3) is 4.19. The van der Waals surface area contributed by atoms with Crippen LogP contribution in [0.5, 0.6) is 0 Å². The molecule has 1 aliphatic rings. The molecule has 3 heterocycles. The van der Waals surface area contributed by atoms with Crippen molar-refractivity contribution in [2.24, 2.45) is 7.05 Å². The van der Waals surface area contributed by atoms with Gasteiger partial charge >= 0.3 is 0 Å². The zero-order valence-electron chi connectivity index (χ0n) is 16.4. The molecule has 0 unspecified atom stereocenters. The fourth-order valence-electron chi connectivity index (χ4n) is 3.74. The van der Waals surface area contributed by atoms with Crippen molar-refractivity contribution in [3.63, 3.8) is 0 Å². The highest BCUT2D eigenvalue weighted by Gasteiger charge is 2.22. The summed E-state index contributed by atoms with van der Waals surface area (Å²) in [5.74, 6) is 0.978. The van der Waals surface area contributed by atoms with E-state index < -0.39 is 0 Å². The first-order chi connectivity index (χ1) is 13.6. The smallest absolute Gasteiger partial charge is 0.164 e. The van der Waals surface area contributed by atoms with Crippen LogP contribution in [0.25, 0.3) is 11.0 Å². The summed E-state index contributed by atoms with van der Waals surface area (Å²) in [7, 11) is 4.11. The molecule has 3 aromatic rings. The van der Waals surface area contributed by atoms with Gasteiger partial charge in [-0.2, -0.15) is 5.10 Å². The van der Waals surface area contributed by atoms with Gasteiger partial charge in [-0.25, -0.2) is 14.6 Å². The quantitative estimate of drug-likeness (QED) is 0.582. The first-order valence-electron chi connectivity index (χ1n) is 9.65. The molecular weight excluding hydrogens is 418 g/mol. The molecule has 0 bridgehead atoms. The summed E-state index contributed by atoms with van der Waals surface area (Å²) in [4.78, 5) is 16.2. The Hall–Kier alpha value is -2.03. The lowest BCUT2D eigenvalue weighted by Crippen LogP contribution is -2.48. The van der Waals surface area contributed by atoms with Crippen LogP contribution in [0.1, 0.15) is 5.56 Å². The number of aryl methyl sites for hydroxylation is 1. The number of hydrogen-bond acceptors (Lipinski definition) is 6. The fourth-order valence-corrected chi connectivity index (χ4v) is 4.33. The standard InChI is InChI=1S/C20H26BrN7/c1-25(14-16-6-4-3-5-7-16)8-9-27-10-12-28(13-11-27)20-17-18(21)24-26(2)19(17)22-15-23-20/h3-7,15H,8-14H2,1-2H3. The Morgan fingerprint density at radius 2 is 1.82 bits per heavy atom. The van der Waals surface area contributed by atoms with Crippen molar-refractivity contribution < 1.29 is 0 Å². The molecule has 0 amide bonds. The Balaban J connectivity index is 1.32. The van der Waals surface area contributed by atoms with Crippen LogP contribution in [-0.4, -0.2) is 75.9 Å². The number of hydrogen-bond donors (Lipinski definition) is 0. The molecular formula is C20H26BrN7. The number of rotatable bonds is 6. The van der Waals surface area contributed by atoms with Crippen LogP contribution in [0, 0.1) is 0 Å². The highest BCUT2D eigenvalue weighted by atomic mass is 79.9. The summed E-state index contributed by atoms with van der Waals surface area (Å²) in [6, 6.07) is 10.7. The second kappa shape index (κ2) is 8.55. The van der Waals surface area contributed by atoms with Crippen molar-refractivity contribution in [3.05, 3.63) is 46.8 Å². The first-order valence-corrected chi connectivity index (χ1v) is 10.4. The van der Waals surface area contributed by atoms with Gasteiger partial charge in [0.2, 0.25) is 0 Å². The normalized spacial score (nSPS) is 15.6. The van der Waals surface area contributed by atoms with Crippen molar-refractivity contribution in [2.75, 3.05) is 51.2 Å². The predicted molar refractivity (Wildman–Crippen MR) is 115 cm³/mol. The van der Waals surface area contributed by atoms with Crippen molar-refractivity contribution in [1.29, 1.82) is 0 Å². The van der Waals surface area contributed by atoms with Crippen molar-refractivity contribution in [2.45, 2.75) is 6.54 Å². The highest BCUT2D eigenvalue weighted by molar-refractivity contribution is 9.10. The Morgan fingerprint density at radius 3 is 2.57 bits per heavy atom. The monoisotopic (exact) mass is 443 g/mol. The van der Waals surface area contributed by atoms with E-state index in [1.807, 2.05) is 7.05 Å². The minimum absolute atomic E-state index is 0.811. The first kappa shape index (κ1) is 19.3. The number of likely N-dealkylation sites (N-methyl/N-ethyl adjacent to an activating group) is 1. The molecule has 1 saturated heterocycles. The van der Waals surface area contributed by atoms with Gasteiger partial charge in [0.05, 0.1) is 5.39 Å². The molecule has 0 N–H and O–H groups in total. The van der Waals surface area contributed by atoms with E-state index in [4.69, 9.17) is 0 Å². The van der Waals surface area contributed by atoms with E-state index >= 15 is 0 Å². The summed E-state index contributed by atoms with van der Waals surface area (Å²) in [6.07, 6.45) is 1.64. The fraction of sp³-hybridized carbons (Fsp3) is 0.450. The molecule has 0 atom stereocenters. The third-order valence-corrected chi connectivity index (χ3v) is 5.88.